The van der Waals surface area contributed by atoms with Crippen molar-refractivity contribution in [3.63, 3.8) is 0 Å². The van der Waals surface area contributed by atoms with Gasteiger partial charge in [0.25, 0.3) is 5.91 Å². The van der Waals surface area contributed by atoms with Crippen molar-refractivity contribution in [3.05, 3.63) is 5.56 Å². The van der Waals surface area contributed by atoms with Crippen molar-refractivity contribution < 1.29 is 4.79 Å². The van der Waals surface area contributed by atoms with Crippen molar-refractivity contribution in [2.75, 3.05) is 11.1 Å². The molecule has 1 amide bonds. The number of nitrogen functional groups attached to an aromatic ring is 1. The second kappa shape index (κ2) is 5.83. The Hall–Kier alpha value is -1.30. The van der Waals surface area contributed by atoms with Crippen LogP contribution in [-0.4, -0.2) is 22.4 Å². The number of rotatable bonds is 4. The maximum Gasteiger partial charge on any atom is 0.258 e. The number of nitrogens with zero attached hydrogens (tertiary/aromatic N) is 1. The van der Waals surface area contributed by atoms with Crippen LogP contribution in [0.1, 0.15) is 56.3 Å². The standard InChI is InChI=1S/C15H24N4OS/c1-8-4-3-5-11(9(8)2)18-15-12(13(16)19-21-15)14(20)17-10-6-7-10/h8-11,18H,3-7H2,1-2H3,(H2,16,19)(H,17,20). The molecule has 1 heterocycles. The minimum absolute atomic E-state index is 0.0808. The van der Waals surface area contributed by atoms with Crippen molar-refractivity contribution in [2.45, 2.75) is 58.0 Å². The van der Waals surface area contributed by atoms with Crippen LogP contribution in [0.15, 0.2) is 0 Å². The number of amides is 1. The highest BCUT2D eigenvalue weighted by molar-refractivity contribution is 7.11. The number of hydrogen-bond acceptors (Lipinski definition) is 5. The van der Waals surface area contributed by atoms with Crippen molar-refractivity contribution in [1.29, 1.82) is 0 Å². The van der Waals surface area contributed by atoms with E-state index >= 15 is 0 Å². The van der Waals surface area contributed by atoms with E-state index < -0.39 is 0 Å². The Labute approximate surface area is 129 Å². The van der Waals surface area contributed by atoms with E-state index in [1.165, 1.54) is 24.4 Å². The van der Waals surface area contributed by atoms with E-state index in [0.717, 1.165) is 24.3 Å². The molecule has 4 N–H and O–H groups in total. The van der Waals surface area contributed by atoms with Crippen LogP contribution in [0, 0.1) is 11.8 Å². The molecule has 3 atom stereocenters. The first kappa shape index (κ1) is 14.6. The van der Waals surface area contributed by atoms with Crippen LogP contribution in [-0.2, 0) is 0 Å². The van der Waals surface area contributed by atoms with Crippen LogP contribution in [0.2, 0.25) is 0 Å². The summed E-state index contributed by atoms with van der Waals surface area (Å²) in [6.07, 6.45) is 5.82. The number of hydrogen-bond donors (Lipinski definition) is 3. The van der Waals surface area contributed by atoms with Crippen LogP contribution in [0.5, 0.6) is 0 Å². The second-order valence-electron chi connectivity index (χ2n) is 6.54. The third kappa shape index (κ3) is 3.15. The molecule has 0 aromatic carbocycles. The summed E-state index contributed by atoms with van der Waals surface area (Å²) >= 11 is 1.30. The van der Waals surface area contributed by atoms with Gasteiger partial charge in [0.1, 0.15) is 10.6 Å². The maximum atomic E-state index is 12.3. The van der Waals surface area contributed by atoms with E-state index in [1.54, 1.807) is 0 Å². The van der Waals surface area contributed by atoms with Gasteiger partial charge in [-0.2, -0.15) is 4.37 Å². The van der Waals surface area contributed by atoms with Gasteiger partial charge in [-0.1, -0.05) is 26.7 Å². The van der Waals surface area contributed by atoms with Gasteiger partial charge >= 0.3 is 0 Å². The lowest BCUT2D eigenvalue weighted by Crippen LogP contribution is -2.35. The molecule has 2 aliphatic carbocycles. The molecular formula is C15H24N4OS. The van der Waals surface area contributed by atoms with E-state index in [-0.39, 0.29) is 5.91 Å². The Morgan fingerprint density at radius 2 is 2.05 bits per heavy atom. The lowest BCUT2D eigenvalue weighted by molar-refractivity contribution is 0.0953. The Morgan fingerprint density at radius 1 is 1.29 bits per heavy atom. The van der Waals surface area contributed by atoms with Crippen molar-refractivity contribution in [2.24, 2.45) is 11.8 Å². The molecule has 0 bridgehead atoms. The molecule has 2 aliphatic rings. The number of nitrogens with one attached hydrogen (secondary N) is 2. The predicted octanol–water partition coefficient (Wildman–Crippen LogP) is 2.85. The average Bonchev–Trinajstić information content (AvgIpc) is 3.17. The van der Waals surface area contributed by atoms with Crippen molar-refractivity contribution in [3.8, 4) is 0 Å². The highest BCUT2D eigenvalue weighted by atomic mass is 32.1. The van der Waals surface area contributed by atoms with Gasteiger partial charge in [0.05, 0.1) is 0 Å². The van der Waals surface area contributed by atoms with E-state index in [2.05, 4.69) is 28.9 Å². The fourth-order valence-electron chi connectivity index (χ4n) is 3.06. The maximum absolute atomic E-state index is 12.3. The molecule has 1 aromatic rings. The molecule has 2 saturated carbocycles. The number of carbonyl (C=O) groups is 1. The zero-order valence-electron chi connectivity index (χ0n) is 12.7. The smallest absolute Gasteiger partial charge is 0.258 e. The summed E-state index contributed by atoms with van der Waals surface area (Å²) in [5.74, 6) is 1.58. The Morgan fingerprint density at radius 3 is 2.76 bits per heavy atom. The summed E-state index contributed by atoms with van der Waals surface area (Å²) in [4.78, 5) is 12.3. The minimum Gasteiger partial charge on any atom is -0.382 e. The second-order valence-corrected chi connectivity index (χ2v) is 7.31. The van der Waals surface area contributed by atoms with Gasteiger partial charge in [0.2, 0.25) is 0 Å². The third-order valence-corrected chi connectivity index (χ3v) is 5.67. The summed E-state index contributed by atoms with van der Waals surface area (Å²) in [5.41, 5.74) is 6.44. The molecule has 2 fully saturated rings. The normalized spacial score (nSPS) is 29.1. The highest BCUT2D eigenvalue weighted by Crippen LogP contribution is 2.35. The number of aromatic nitrogens is 1. The van der Waals surface area contributed by atoms with Gasteiger partial charge in [-0.05, 0) is 42.6 Å². The quantitative estimate of drug-likeness (QED) is 0.799. The van der Waals surface area contributed by atoms with Gasteiger partial charge in [0, 0.05) is 12.1 Å². The summed E-state index contributed by atoms with van der Waals surface area (Å²) < 4.78 is 4.17. The van der Waals surface area contributed by atoms with E-state index in [4.69, 9.17) is 5.73 Å². The molecule has 3 unspecified atom stereocenters. The Balaban J connectivity index is 1.74. The summed E-state index contributed by atoms with van der Waals surface area (Å²) in [5, 5.41) is 7.37. The van der Waals surface area contributed by atoms with E-state index in [9.17, 15) is 4.79 Å². The van der Waals surface area contributed by atoms with E-state index in [0.29, 0.717) is 35.3 Å². The molecule has 0 aliphatic heterocycles. The van der Waals surface area contributed by atoms with Gasteiger partial charge in [-0.25, -0.2) is 0 Å². The zero-order valence-corrected chi connectivity index (χ0v) is 13.5. The van der Waals surface area contributed by atoms with Crippen LogP contribution in [0.25, 0.3) is 0 Å². The van der Waals surface area contributed by atoms with Crippen LogP contribution >= 0.6 is 11.5 Å². The largest absolute Gasteiger partial charge is 0.382 e. The Bertz CT molecular complexity index is 526. The lowest BCUT2D eigenvalue weighted by Gasteiger charge is -2.34. The van der Waals surface area contributed by atoms with Gasteiger partial charge in [0.15, 0.2) is 5.82 Å². The molecule has 5 nitrogen and oxygen atoms in total. The molecule has 0 radical (unpaired) electrons. The van der Waals surface area contributed by atoms with E-state index in [1.807, 2.05) is 0 Å². The summed E-state index contributed by atoms with van der Waals surface area (Å²) in [6.45, 7) is 4.59. The molecule has 3 rings (SSSR count). The third-order valence-electron chi connectivity index (χ3n) is 4.88. The molecule has 6 heteroatoms. The topological polar surface area (TPSA) is 80.0 Å². The number of nitrogens with two attached hydrogens (primary N) is 1. The first-order valence-corrected chi connectivity index (χ1v) is 8.66. The van der Waals surface area contributed by atoms with Gasteiger partial charge in [-0.3, -0.25) is 4.79 Å². The average molecular weight is 308 g/mol. The van der Waals surface area contributed by atoms with Gasteiger partial charge in [-0.15, -0.1) is 0 Å². The monoisotopic (exact) mass is 308 g/mol. The fourth-order valence-corrected chi connectivity index (χ4v) is 3.83. The first-order valence-electron chi connectivity index (χ1n) is 7.88. The first-order chi connectivity index (χ1) is 10.1. The minimum atomic E-state index is -0.0808. The SMILES string of the molecule is CC1CCCC(Nc2snc(N)c2C(=O)NC2CC2)C1C. The number of carbonyl (C=O) groups excluding carboxylic acids is 1. The number of anilines is 2. The van der Waals surface area contributed by atoms with Crippen molar-refractivity contribution >= 4 is 28.3 Å². The molecule has 21 heavy (non-hydrogen) atoms. The molecular weight excluding hydrogens is 284 g/mol. The van der Waals surface area contributed by atoms with Crippen LogP contribution in [0.3, 0.4) is 0 Å². The predicted molar refractivity (Wildman–Crippen MR) is 86.6 cm³/mol. The van der Waals surface area contributed by atoms with Crippen molar-refractivity contribution in [1.82, 2.24) is 9.69 Å². The van der Waals surface area contributed by atoms with Gasteiger partial charge < -0.3 is 16.4 Å². The molecule has 0 saturated heterocycles. The summed E-state index contributed by atoms with van der Waals surface area (Å²) in [7, 11) is 0. The van der Waals surface area contributed by atoms with Crippen LogP contribution in [0.4, 0.5) is 10.8 Å². The molecule has 116 valence electrons. The fraction of sp³-hybridized carbons (Fsp3) is 0.733. The zero-order chi connectivity index (χ0) is 15.0. The molecule has 0 spiro atoms. The van der Waals surface area contributed by atoms with Crippen LogP contribution < -0.4 is 16.4 Å². The summed E-state index contributed by atoms with van der Waals surface area (Å²) in [6, 6.07) is 0.736. The highest BCUT2D eigenvalue weighted by Gasteiger charge is 2.31. The lowest BCUT2D eigenvalue weighted by atomic mass is 9.78. The Kier molecular flexibility index (Phi) is 4.06. The molecule has 1 aromatic heterocycles.